The summed E-state index contributed by atoms with van der Waals surface area (Å²) in [6.07, 6.45) is 6.98. The number of halogens is 1. The second kappa shape index (κ2) is 14.5. The van der Waals surface area contributed by atoms with E-state index in [1.807, 2.05) is 25.7 Å². The Hall–Kier alpha value is -2.59. The first-order chi connectivity index (χ1) is 20.7. The number of aryl methyl sites for hydroxylation is 2. The van der Waals surface area contributed by atoms with E-state index < -0.39 is 11.6 Å². The molecule has 1 N–H and O–H groups in total. The van der Waals surface area contributed by atoms with Gasteiger partial charge in [-0.25, -0.2) is 14.2 Å². The van der Waals surface area contributed by atoms with Crippen LogP contribution in [0.3, 0.4) is 0 Å². The van der Waals surface area contributed by atoms with Crippen LogP contribution in [0.2, 0.25) is 0 Å². The van der Waals surface area contributed by atoms with E-state index >= 15 is 0 Å². The van der Waals surface area contributed by atoms with Gasteiger partial charge in [0.05, 0.1) is 18.8 Å². The Morgan fingerprint density at radius 2 is 2.02 bits per heavy atom. The number of likely N-dealkylation sites (tertiary alicyclic amines) is 1. The third-order valence-corrected chi connectivity index (χ3v) is 8.60. The minimum absolute atomic E-state index is 0.000351. The summed E-state index contributed by atoms with van der Waals surface area (Å²) in [6, 6.07) is 8.42. The molecule has 0 bridgehead atoms. The number of nitrogens with one attached hydrogen (secondary N) is 1. The van der Waals surface area contributed by atoms with Crippen molar-refractivity contribution in [1.82, 2.24) is 9.88 Å². The highest BCUT2D eigenvalue weighted by Crippen LogP contribution is 2.39. The lowest BCUT2D eigenvalue weighted by Gasteiger charge is -2.44. The maximum atomic E-state index is 14.7. The second-order valence-electron chi connectivity index (χ2n) is 13.1. The van der Waals surface area contributed by atoms with Gasteiger partial charge in [0.25, 0.3) is 0 Å². The maximum Gasteiger partial charge on any atom is 0.328 e. The van der Waals surface area contributed by atoms with Gasteiger partial charge < -0.3 is 24.3 Å². The predicted molar refractivity (Wildman–Crippen MR) is 164 cm³/mol. The molecule has 8 nitrogen and oxygen atoms in total. The molecule has 0 saturated carbocycles. The Morgan fingerprint density at radius 1 is 1.19 bits per heavy atom. The van der Waals surface area contributed by atoms with Crippen LogP contribution in [0.4, 0.5) is 10.2 Å². The van der Waals surface area contributed by atoms with Crippen molar-refractivity contribution in [3.63, 3.8) is 0 Å². The van der Waals surface area contributed by atoms with E-state index in [1.165, 1.54) is 24.1 Å². The van der Waals surface area contributed by atoms with Crippen molar-refractivity contribution in [2.45, 2.75) is 95.5 Å². The summed E-state index contributed by atoms with van der Waals surface area (Å²) in [6.45, 7) is 9.50. The molecule has 3 aliphatic heterocycles. The lowest BCUT2D eigenvalue weighted by molar-refractivity contribution is -0.168. The SMILES string of the molecule is CO[C@@H]1COCC[C@H]1c1ccc(F)cc1C(C(=O)OC(C)(C)C)N1CC(OCCCCCc2ccc3c(n2)NCCC3)C1. The Labute approximate surface area is 255 Å². The zero-order valence-electron chi connectivity index (χ0n) is 26.2. The number of hydrogen-bond acceptors (Lipinski definition) is 8. The van der Waals surface area contributed by atoms with E-state index in [0.29, 0.717) is 38.5 Å². The molecule has 0 aliphatic carbocycles. The van der Waals surface area contributed by atoms with Crippen molar-refractivity contribution >= 4 is 11.8 Å². The number of carbonyl (C=O) groups excluding carboxylic acids is 1. The van der Waals surface area contributed by atoms with Crippen molar-refractivity contribution in [1.29, 1.82) is 0 Å². The number of hydrogen-bond donors (Lipinski definition) is 1. The molecule has 236 valence electrons. The number of unbranched alkanes of at least 4 members (excludes halogenated alkanes) is 2. The molecule has 5 rings (SSSR count). The molecule has 2 fully saturated rings. The molecule has 3 atom stereocenters. The van der Waals surface area contributed by atoms with Gasteiger partial charge in [-0.2, -0.15) is 0 Å². The lowest BCUT2D eigenvalue weighted by atomic mass is 9.83. The van der Waals surface area contributed by atoms with Crippen LogP contribution in [0.5, 0.6) is 0 Å². The molecule has 1 aromatic carbocycles. The van der Waals surface area contributed by atoms with E-state index in [9.17, 15) is 9.18 Å². The van der Waals surface area contributed by atoms with Gasteiger partial charge in [0.2, 0.25) is 0 Å². The highest BCUT2D eigenvalue weighted by Gasteiger charge is 2.42. The number of fused-ring (bicyclic) bond motifs is 1. The van der Waals surface area contributed by atoms with Crippen LogP contribution in [0.1, 0.15) is 87.2 Å². The highest BCUT2D eigenvalue weighted by molar-refractivity contribution is 5.79. The van der Waals surface area contributed by atoms with Crippen molar-refractivity contribution in [2.24, 2.45) is 0 Å². The Bertz CT molecular complexity index is 1230. The first-order valence-corrected chi connectivity index (χ1v) is 15.9. The van der Waals surface area contributed by atoms with Crippen LogP contribution < -0.4 is 5.32 Å². The van der Waals surface area contributed by atoms with Crippen LogP contribution in [0, 0.1) is 5.82 Å². The quantitative estimate of drug-likeness (QED) is 0.250. The van der Waals surface area contributed by atoms with Gasteiger partial charge in [0, 0.05) is 51.6 Å². The number of ether oxygens (including phenoxy) is 4. The van der Waals surface area contributed by atoms with Gasteiger partial charge in [-0.3, -0.25) is 4.90 Å². The molecule has 1 aromatic heterocycles. The third kappa shape index (κ3) is 8.32. The first-order valence-electron chi connectivity index (χ1n) is 15.9. The molecule has 2 aromatic rings. The topological polar surface area (TPSA) is 82.2 Å². The molecular weight excluding hydrogens is 549 g/mol. The third-order valence-electron chi connectivity index (χ3n) is 8.60. The summed E-state index contributed by atoms with van der Waals surface area (Å²) >= 11 is 0. The maximum absolute atomic E-state index is 14.7. The standard InChI is InChI=1S/C34H48FN3O5/c1-34(2,3)43-33(39)31(29-19-24(35)12-14-27(29)28-15-18-41-22-30(28)40-4)38-20-26(21-38)42-17-7-5-6-10-25-13-11-23-9-8-16-36-32(23)37-25/h11-14,19,26,28,30-31H,5-10,15-18,20-22H2,1-4H3,(H,36,37)/t28-,30+,31?/m0/s1. The van der Waals surface area contributed by atoms with E-state index in [1.54, 1.807) is 13.2 Å². The highest BCUT2D eigenvalue weighted by atomic mass is 19.1. The monoisotopic (exact) mass is 597 g/mol. The van der Waals surface area contributed by atoms with Crippen molar-refractivity contribution in [3.8, 4) is 0 Å². The summed E-state index contributed by atoms with van der Waals surface area (Å²) in [5.74, 6) is 0.316. The van der Waals surface area contributed by atoms with E-state index in [0.717, 1.165) is 62.1 Å². The molecule has 3 aliphatic rings. The largest absolute Gasteiger partial charge is 0.459 e. The average Bonchev–Trinajstić information content (AvgIpc) is 2.96. The normalized spacial score (nSPS) is 21.9. The van der Waals surface area contributed by atoms with Gasteiger partial charge in [0.1, 0.15) is 23.3 Å². The van der Waals surface area contributed by atoms with Crippen LogP contribution in [0.25, 0.3) is 0 Å². The Kier molecular flexibility index (Phi) is 10.7. The Morgan fingerprint density at radius 3 is 2.81 bits per heavy atom. The molecule has 0 radical (unpaired) electrons. The fourth-order valence-corrected chi connectivity index (χ4v) is 6.38. The number of esters is 1. The first kappa shape index (κ1) is 31.8. The summed E-state index contributed by atoms with van der Waals surface area (Å²) < 4.78 is 38.1. The molecular formula is C34H48FN3O5. The second-order valence-corrected chi connectivity index (χ2v) is 13.1. The number of methoxy groups -OCH3 is 1. The van der Waals surface area contributed by atoms with Gasteiger partial charge in [0.15, 0.2) is 0 Å². The number of nitrogens with zero attached hydrogens (tertiary/aromatic N) is 2. The summed E-state index contributed by atoms with van der Waals surface area (Å²) in [5.41, 5.74) is 3.37. The summed E-state index contributed by atoms with van der Waals surface area (Å²) in [5, 5.41) is 3.41. The van der Waals surface area contributed by atoms with Crippen LogP contribution >= 0.6 is 0 Å². The van der Waals surface area contributed by atoms with Gasteiger partial charge in [-0.1, -0.05) is 18.6 Å². The van der Waals surface area contributed by atoms with E-state index in [-0.39, 0.29) is 29.9 Å². The molecule has 0 amide bonds. The lowest BCUT2D eigenvalue weighted by Crippen LogP contribution is -2.56. The van der Waals surface area contributed by atoms with Gasteiger partial charge >= 0.3 is 5.97 Å². The van der Waals surface area contributed by atoms with Crippen molar-refractivity contribution in [2.75, 3.05) is 51.9 Å². The molecule has 0 spiro atoms. The number of pyridine rings is 1. The number of benzene rings is 1. The minimum Gasteiger partial charge on any atom is -0.459 e. The van der Waals surface area contributed by atoms with Crippen molar-refractivity contribution < 1.29 is 28.1 Å². The molecule has 4 heterocycles. The van der Waals surface area contributed by atoms with Gasteiger partial charge in [-0.05, 0) is 94.2 Å². The average molecular weight is 598 g/mol. The number of carbonyl (C=O) groups is 1. The van der Waals surface area contributed by atoms with Crippen LogP contribution in [-0.2, 0) is 36.6 Å². The fourth-order valence-electron chi connectivity index (χ4n) is 6.38. The Balaban J connectivity index is 1.16. The number of rotatable bonds is 12. The molecule has 1 unspecified atom stereocenters. The zero-order valence-corrected chi connectivity index (χ0v) is 26.2. The smallest absolute Gasteiger partial charge is 0.328 e. The van der Waals surface area contributed by atoms with E-state index in [2.05, 4.69) is 17.4 Å². The summed E-state index contributed by atoms with van der Waals surface area (Å²) in [7, 11) is 1.67. The molecule has 9 heteroatoms. The minimum atomic E-state index is -0.719. The molecule has 43 heavy (non-hydrogen) atoms. The number of aromatic nitrogens is 1. The zero-order chi connectivity index (χ0) is 30.4. The van der Waals surface area contributed by atoms with Crippen molar-refractivity contribution in [3.05, 3.63) is 58.5 Å². The van der Waals surface area contributed by atoms with Gasteiger partial charge in [-0.15, -0.1) is 0 Å². The summed E-state index contributed by atoms with van der Waals surface area (Å²) in [4.78, 5) is 20.5. The number of anilines is 1. The van der Waals surface area contributed by atoms with Crippen LogP contribution in [0.15, 0.2) is 30.3 Å². The fraction of sp³-hybridized carbons (Fsp3) is 0.647. The predicted octanol–water partition coefficient (Wildman–Crippen LogP) is 5.59. The van der Waals surface area contributed by atoms with Crippen LogP contribution in [-0.4, -0.2) is 80.2 Å². The van der Waals surface area contributed by atoms with E-state index in [4.69, 9.17) is 23.9 Å². The molecule has 2 saturated heterocycles.